The zero-order chi connectivity index (χ0) is 15.5. The number of aromatic nitrogens is 2. The molecule has 22 heavy (non-hydrogen) atoms. The van der Waals surface area contributed by atoms with E-state index < -0.39 is 0 Å². The highest BCUT2D eigenvalue weighted by Gasteiger charge is 2.26. The van der Waals surface area contributed by atoms with E-state index in [1.54, 1.807) is 6.20 Å². The fraction of sp³-hybridized carbons (Fsp3) is 0.312. The van der Waals surface area contributed by atoms with E-state index in [-0.39, 0.29) is 6.10 Å². The molecule has 1 aliphatic heterocycles. The average Bonchev–Trinajstić information content (AvgIpc) is 2.98. The van der Waals surface area contributed by atoms with Gasteiger partial charge in [0.1, 0.15) is 16.4 Å². The summed E-state index contributed by atoms with van der Waals surface area (Å²) in [5, 5.41) is 0. The number of rotatable bonds is 4. The third kappa shape index (κ3) is 3.11. The molecule has 0 radical (unpaired) electrons. The van der Waals surface area contributed by atoms with E-state index in [9.17, 15) is 4.79 Å². The normalized spacial score (nSPS) is 17.5. The third-order valence-electron chi connectivity index (χ3n) is 3.71. The van der Waals surface area contributed by atoms with Gasteiger partial charge in [-0.1, -0.05) is 6.07 Å². The molecule has 6 heteroatoms. The summed E-state index contributed by atoms with van der Waals surface area (Å²) in [5.41, 5.74) is 2.32. The summed E-state index contributed by atoms with van der Waals surface area (Å²) in [6.45, 7) is 3.54. The Morgan fingerprint density at radius 3 is 3.05 bits per heavy atom. The first-order valence-electron chi connectivity index (χ1n) is 7.12. The number of aldehydes is 1. The molecule has 5 nitrogen and oxygen atoms in total. The summed E-state index contributed by atoms with van der Waals surface area (Å²) in [6, 6.07) is 7.64. The van der Waals surface area contributed by atoms with E-state index in [4.69, 9.17) is 4.74 Å². The molecule has 1 atom stereocenters. The summed E-state index contributed by atoms with van der Waals surface area (Å²) >= 11 is 3.29. The molecular formula is C16H16BrN3O2. The van der Waals surface area contributed by atoms with Crippen molar-refractivity contribution in [2.75, 3.05) is 18.0 Å². The monoisotopic (exact) mass is 361 g/mol. The summed E-state index contributed by atoms with van der Waals surface area (Å²) in [4.78, 5) is 21.8. The highest BCUT2D eigenvalue weighted by molar-refractivity contribution is 9.10. The predicted molar refractivity (Wildman–Crippen MR) is 87.5 cm³/mol. The zero-order valence-corrected chi connectivity index (χ0v) is 13.8. The van der Waals surface area contributed by atoms with Crippen LogP contribution >= 0.6 is 15.9 Å². The minimum Gasteiger partial charge on any atom is -0.472 e. The van der Waals surface area contributed by atoms with Crippen molar-refractivity contribution in [2.45, 2.75) is 19.4 Å². The maximum absolute atomic E-state index is 11.2. The molecule has 114 valence electrons. The van der Waals surface area contributed by atoms with Gasteiger partial charge in [-0.15, -0.1) is 0 Å². The number of aryl methyl sites for hydroxylation is 1. The van der Waals surface area contributed by atoms with Crippen LogP contribution in [0.5, 0.6) is 5.88 Å². The van der Waals surface area contributed by atoms with Gasteiger partial charge in [0, 0.05) is 24.7 Å². The predicted octanol–water partition coefficient (Wildman–Crippen LogP) is 3.02. The van der Waals surface area contributed by atoms with Crippen LogP contribution in [0.25, 0.3) is 0 Å². The molecule has 0 aliphatic carbocycles. The molecular weight excluding hydrogens is 346 g/mol. The van der Waals surface area contributed by atoms with Crippen LogP contribution in [-0.4, -0.2) is 35.4 Å². The van der Waals surface area contributed by atoms with E-state index in [0.717, 1.165) is 37.0 Å². The number of halogens is 1. The Labute approximate surface area is 137 Å². The molecule has 3 heterocycles. The Bertz CT molecular complexity index is 693. The minimum absolute atomic E-state index is 0.0664. The van der Waals surface area contributed by atoms with Crippen molar-refractivity contribution >= 4 is 27.9 Å². The van der Waals surface area contributed by atoms with Gasteiger partial charge in [0.15, 0.2) is 6.29 Å². The van der Waals surface area contributed by atoms with Gasteiger partial charge < -0.3 is 9.64 Å². The molecule has 0 aromatic carbocycles. The maximum Gasteiger partial charge on any atom is 0.216 e. The van der Waals surface area contributed by atoms with Crippen LogP contribution in [0, 0.1) is 6.92 Å². The summed E-state index contributed by atoms with van der Waals surface area (Å²) in [6.07, 6.45) is 3.48. The molecule has 2 aromatic rings. The number of carbonyl (C=O) groups is 1. The van der Waals surface area contributed by atoms with Crippen molar-refractivity contribution < 1.29 is 9.53 Å². The highest BCUT2D eigenvalue weighted by atomic mass is 79.9. The van der Waals surface area contributed by atoms with Gasteiger partial charge in [-0.3, -0.25) is 4.79 Å². The second-order valence-corrected chi connectivity index (χ2v) is 6.07. The van der Waals surface area contributed by atoms with Gasteiger partial charge in [-0.25, -0.2) is 9.97 Å². The number of nitrogens with zero attached hydrogens (tertiary/aromatic N) is 3. The summed E-state index contributed by atoms with van der Waals surface area (Å²) in [7, 11) is 0. The first-order valence-corrected chi connectivity index (χ1v) is 7.91. The Kier molecular flexibility index (Phi) is 4.38. The molecule has 0 bridgehead atoms. The van der Waals surface area contributed by atoms with Crippen molar-refractivity contribution in [3.05, 3.63) is 46.3 Å². The quantitative estimate of drug-likeness (QED) is 0.618. The lowest BCUT2D eigenvalue weighted by molar-refractivity contribution is 0.111. The molecule has 1 saturated heterocycles. The second kappa shape index (κ2) is 6.44. The molecule has 2 aromatic heterocycles. The SMILES string of the molecule is Cc1cccnc1O[C@H]1CCN(c2ccc(Br)nc2C=O)C1. The van der Waals surface area contributed by atoms with Crippen LogP contribution in [0.2, 0.25) is 0 Å². The number of carbonyl (C=O) groups excluding carboxylic acids is 1. The topological polar surface area (TPSA) is 55.3 Å². The first-order chi connectivity index (χ1) is 10.7. The lowest BCUT2D eigenvalue weighted by atomic mass is 10.3. The lowest BCUT2D eigenvalue weighted by Gasteiger charge is -2.20. The van der Waals surface area contributed by atoms with Crippen molar-refractivity contribution in [2.24, 2.45) is 0 Å². The molecule has 1 fully saturated rings. The summed E-state index contributed by atoms with van der Waals surface area (Å²) in [5.74, 6) is 0.680. The van der Waals surface area contributed by atoms with Crippen molar-refractivity contribution in [1.82, 2.24) is 9.97 Å². The Balaban J connectivity index is 1.73. The van der Waals surface area contributed by atoms with E-state index in [2.05, 4.69) is 30.8 Å². The fourth-order valence-corrected chi connectivity index (χ4v) is 2.92. The van der Waals surface area contributed by atoms with Crippen LogP contribution in [-0.2, 0) is 0 Å². The number of pyridine rings is 2. The van der Waals surface area contributed by atoms with Gasteiger partial charge in [0.2, 0.25) is 5.88 Å². The zero-order valence-electron chi connectivity index (χ0n) is 12.2. The van der Waals surface area contributed by atoms with Crippen LogP contribution in [0.15, 0.2) is 35.1 Å². The van der Waals surface area contributed by atoms with E-state index >= 15 is 0 Å². The Morgan fingerprint density at radius 1 is 1.41 bits per heavy atom. The van der Waals surface area contributed by atoms with Gasteiger partial charge in [-0.2, -0.15) is 0 Å². The molecule has 0 unspecified atom stereocenters. The number of hydrogen-bond donors (Lipinski definition) is 0. The van der Waals surface area contributed by atoms with Crippen molar-refractivity contribution in [3.63, 3.8) is 0 Å². The highest BCUT2D eigenvalue weighted by Crippen LogP contribution is 2.26. The van der Waals surface area contributed by atoms with E-state index in [0.29, 0.717) is 16.2 Å². The number of ether oxygens (including phenoxy) is 1. The first kappa shape index (κ1) is 15.0. The minimum atomic E-state index is 0.0664. The second-order valence-electron chi connectivity index (χ2n) is 5.26. The molecule has 0 saturated carbocycles. The number of anilines is 1. The molecule has 1 aliphatic rings. The third-order valence-corrected chi connectivity index (χ3v) is 4.15. The Hall–Kier alpha value is -1.95. The fourth-order valence-electron chi connectivity index (χ4n) is 2.59. The van der Waals surface area contributed by atoms with Crippen LogP contribution in [0.1, 0.15) is 22.5 Å². The molecule has 0 N–H and O–H groups in total. The van der Waals surface area contributed by atoms with E-state index in [1.165, 1.54) is 0 Å². The molecule has 0 spiro atoms. The lowest BCUT2D eigenvalue weighted by Crippen LogP contribution is -2.26. The average molecular weight is 362 g/mol. The van der Waals surface area contributed by atoms with Gasteiger partial charge in [-0.05, 0) is 41.1 Å². The largest absolute Gasteiger partial charge is 0.472 e. The van der Waals surface area contributed by atoms with Crippen molar-refractivity contribution in [1.29, 1.82) is 0 Å². The van der Waals surface area contributed by atoms with Gasteiger partial charge >= 0.3 is 0 Å². The van der Waals surface area contributed by atoms with Crippen molar-refractivity contribution in [3.8, 4) is 5.88 Å². The molecule has 3 rings (SSSR count). The van der Waals surface area contributed by atoms with Crippen LogP contribution < -0.4 is 9.64 Å². The van der Waals surface area contributed by atoms with Gasteiger partial charge in [0.25, 0.3) is 0 Å². The summed E-state index contributed by atoms with van der Waals surface area (Å²) < 4.78 is 6.65. The molecule has 0 amide bonds. The Morgan fingerprint density at radius 2 is 2.27 bits per heavy atom. The maximum atomic E-state index is 11.2. The van der Waals surface area contributed by atoms with Gasteiger partial charge in [0.05, 0.1) is 12.2 Å². The van der Waals surface area contributed by atoms with Crippen LogP contribution in [0.3, 0.4) is 0 Å². The van der Waals surface area contributed by atoms with E-state index in [1.807, 2.05) is 31.2 Å². The van der Waals surface area contributed by atoms with Crippen LogP contribution in [0.4, 0.5) is 5.69 Å². The standard InChI is InChI=1S/C16H16BrN3O2/c1-11-3-2-7-18-16(11)22-12-6-8-20(9-12)14-4-5-15(17)19-13(14)10-21/h2-5,7,10,12H,6,8-9H2,1H3/t12-/m0/s1. The number of hydrogen-bond acceptors (Lipinski definition) is 5. The smallest absolute Gasteiger partial charge is 0.216 e.